The SMILES string of the molecule is CCOc1nnc(F)c(=O)[nH]1. The van der Waals surface area contributed by atoms with E-state index in [0.717, 1.165) is 0 Å². The van der Waals surface area contributed by atoms with E-state index in [0.29, 0.717) is 6.61 Å². The molecule has 0 spiro atoms. The quantitative estimate of drug-likeness (QED) is 0.643. The van der Waals surface area contributed by atoms with Gasteiger partial charge in [0.1, 0.15) is 0 Å². The van der Waals surface area contributed by atoms with Gasteiger partial charge in [-0.15, -0.1) is 5.10 Å². The average Bonchev–Trinajstić information content (AvgIpc) is 1.98. The molecule has 0 aromatic carbocycles. The van der Waals surface area contributed by atoms with Crippen molar-refractivity contribution in [3.05, 3.63) is 16.3 Å². The van der Waals surface area contributed by atoms with Gasteiger partial charge in [-0.05, 0) is 6.92 Å². The third-order valence-corrected chi connectivity index (χ3v) is 0.918. The third kappa shape index (κ3) is 1.73. The number of ether oxygens (including phenoxy) is 1. The molecule has 0 radical (unpaired) electrons. The number of nitrogens with one attached hydrogen (secondary N) is 1. The maximum Gasteiger partial charge on any atom is 0.315 e. The maximum atomic E-state index is 12.2. The number of halogens is 1. The number of hydrogen-bond donors (Lipinski definition) is 1. The summed E-state index contributed by atoms with van der Waals surface area (Å²) >= 11 is 0. The van der Waals surface area contributed by atoms with Crippen LogP contribution in [0.3, 0.4) is 0 Å². The third-order valence-electron chi connectivity index (χ3n) is 0.918. The lowest BCUT2D eigenvalue weighted by Gasteiger charge is -1.97. The van der Waals surface area contributed by atoms with Gasteiger partial charge in [-0.3, -0.25) is 9.78 Å². The summed E-state index contributed by atoms with van der Waals surface area (Å²) in [5.41, 5.74) is -0.927. The van der Waals surface area contributed by atoms with Crippen molar-refractivity contribution in [2.75, 3.05) is 6.61 Å². The van der Waals surface area contributed by atoms with Crippen molar-refractivity contribution >= 4 is 0 Å². The van der Waals surface area contributed by atoms with E-state index in [1.807, 2.05) is 0 Å². The second-order valence-corrected chi connectivity index (χ2v) is 1.68. The Morgan fingerprint density at radius 1 is 1.64 bits per heavy atom. The van der Waals surface area contributed by atoms with E-state index in [1.54, 1.807) is 6.92 Å². The molecular weight excluding hydrogens is 153 g/mol. The van der Waals surface area contributed by atoms with Crippen LogP contribution in [0.1, 0.15) is 6.92 Å². The Balaban J connectivity index is 2.96. The number of aromatic amines is 1. The molecule has 1 rings (SSSR count). The van der Waals surface area contributed by atoms with Crippen LogP contribution in [0.2, 0.25) is 0 Å². The summed E-state index contributed by atoms with van der Waals surface area (Å²) in [6, 6.07) is -0.0705. The summed E-state index contributed by atoms with van der Waals surface area (Å²) in [5.74, 6) is -1.16. The smallest absolute Gasteiger partial charge is 0.315 e. The number of H-pyrrole nitrogens is 1. The number of hydrogen-bond acceptors (Lipinski definition) is 4. The Labute approximate surface area is 61.2 Å². The van der Waals surface area contributed by atoms with Crippen LogP contribution >= 0.6 is 0 Å². The molecule has 6 heteroatoms. The summed E-state index contributed by atoms with van der Waals surface area (Å²) in [7, 11) is 0. The second-order valence-electron chi connectivity index (χ2n) is 1.68. The summed E-state index contributed by atoms with van der Waals surface area (Å²) < 4.78 is 16.9. The number of rotatable bonds is 2. The van der Waals surface area contributed by atoms with Crippen molar-refractivity contribution in [3.63, 3.8) is 0 Å². The number of nitrogens with zero attached hydrogens (tertiary/aromatic N) is 2. The normalized spacial score (nSPS) is 9.64. The molecule has 0 fully saturated rings. The fourth-order valence-electron chi connectivity index (χ4n) is 0.510. The molecule has 1 heterocycles. The molecule has 5 nitrogen and oxygen atoms in total. The van der Waals surface area contributed by atoms with Crippen LogP contribution in [0.5, 0.6) is 6.01 Å². The van der Waals surface area contributed by atoms with E-state index < -0.39 is 11.5 Å². The first-order chi connectivity index (χ1) is 5.24. The zero-order chi connectivity index (χ0) is 8.27. The van der Waals surface area contributed by atoms with Crippen molar-refractivity contribution < 1.29 is 9.13 Å². The second kappa shape index (κ2) is 3.09. The lowest BCUT2D eigenvalue weighted by atomic mass is 10.8. The molecule has 0 aliphatic heterocycles. The minimum absolute atomic E-state index is 0.0705. The summed E-state index contributed by atoms with van der Waals surface area (Å²) in [6.07, 6.45) is 0. The Morgan fingerprint density at radius 2 is 2.36 bits per heavy atom. The largest absolute Gasteiger partial charge is 0.464 e. The van der Waals surface area contributed by atoms with Gasteiger partial charge >= 0.3 is 11.6 Å². The summed E-state index contributed by atoms with van der Waals surface area (Å²) in [6.45, 7) is 2.06. The van der Waals surface area contributed by atoms with Crippen LogP contribution in [-0.2, 0) is 0 Å². The topological polar surface area (TPSA) is 67.9 Å². The molecule has 0 aliphatic rings. The van der Waals surface area contributed by atoms with Crippen LogP contribution in [0.15, 0.2) is 4.79 Å². The molecule has 0 bridgehead atoms. The highest BCUT2D eigenvalue weighted by Gasteiger charge is 2.01. The molecule has 1 aromatic rings. The van der Waals surface area contributed by atoms with Gasteiger partial charge in [0.2, 0.25) is 0 Å². The molecule has 1 N–H and O–H groups in total. The molecule has 0 unspecified atom stereocenters. The van der Waals surface area contributed by atoms with E-state index in [4.69, 9.17) is 4.74 Å². The van der Waals surface area contributed by atoms with Crippen LogP contribution in [0.25, 0.3) is 0 Å². The maximum absolute atomic E-state index is 12.2. The van der Waals surface area contributed by atoms with E-state index >= 15 is 0 Å². The van der Waals surface area contributed by atoms with E-state index in [1.165, 1.54) is 0 Å². The molecule has 0 atom stereocenters. The highest BCUT2D eigenvalue weighted by atomic mass is 19.1. The van der Waals surface area contributed by atoms with Crippen LogP contribution in [0.4, 0.5) is 4.39 Å². The van der Waals surface area contributed by atoms with Gasteiger partial charge in [-0.25, -0.2) is 0 Å². The predicted octanol–water partition coefficient (Wildman–Crippen LogP) is -0.297. The monoisotopic (exact) mass is 159 g/mol. The average molecular weight is 159 g/mol. The molecule has 0 saturated heterocycles. The lowest BCUT2D eigenvalue weighted by molar-refractivity contribution is 0.301. The fraction of sp³-hybridized carbons (Fsp3) is 0.400. The Kier molecular flexibility index (Phi) is 2.15. The van der Waals surface area contributed by atoms with E-state index in [9.17, 15) is 9.18 Å². The van der Waals surface area contributed by atoms with Gasteiger partial charge in [0.15, 0.2) is 0 Å². The molecule has 0 aliphatic carbocycles. The fourth-order valence-corrected chi connectivity index (χ4v) is 0.510. The predicted molar refractivity (Wildman–Crippen MR) is 33.8 cm³/mol. The van der Waals surface area contributed by atoms with Gasteiger partial charge in [0, 0.05) is 0 Å². The van der Waals surface area contributed by atoms with Gasteiger partial charge < -0.3 is 4.74 Å². The first-order valence-corrected chi connectivity index (χ1v) is 2.99. The zero-order valence-corrected chi connectivity index (χ0v) is 5.80. The lowest BCUT2D eigenvalue weighted by Crippen LogP contribution is -2.16. The molecular formula is C5H6FN3O2. The van der Waals surface area contributed by atoms with Crippen molar-refractivity contribution in [3.8, 4) is 6.01 Å². The molecule has 0 amide bonds. The minimum Gasteiger partial charge on any atom is -0.464 e. The minimum atomic E-state index is -1.16. The standard InChI is InChI=1S/C5H6FN3O2/c1-2-11-5-7-4(10)3(6)8-9-5/h2H2,1H3,(H,7,9,10). The van der Waals surface area contributed by atoms with Gasteiger partial charge in [-0.1, -0.05) is 5.10 Å². The Morgan fingerprint density at radius 3 is 2.91 bits per heavy atom. The first-order valence-electron chi connectivity index (χ1n) is 2.99. The highest BCUT2D eigenvalue weighted by molar-refractivity contribution is 4.88. The van der Waals surface area contributed by atoms with E-state index in [-0.39, 0.29) is 6.01 Å². The molecule has 11 heavy (non-hydrogen) atoms. The van der Waals surface area contributed by atoms with Crippen LogP contribution in [0, 0.1) is 5.95 Å². The number of aromatic nitrogens is 3. The van der Waals surface area contributed by atoms with Gasteiger partial charge in [0.05, 0.1) is 6.61 Å². The van der Waals surface area contributed by atoms with Gasteiger partial charge in [0.25, 0.3) is 5.95 Å². The Hall–Kier alpha value is -1.46. The summed E-state index contributed by atoms with van der Waals surface area (Å²) in [5, 5.41) is 6.14. The molecule has 60 valence electrons. The molecule has 0 saturated carbocycles. The van der Waals surface area contributed by atoms with Crippen molar-refractivity contribution in [2.45, 2.75) is 6.92 Å². The summed E-state index contributed by atoms with van der Waals surface area (Å²) in [4.78, 5) is 12.6. The molecule has 1 aromatic heterocycles. The first kappa shape index (κ1) is 7.64. The van der Waals surface area contributed by atoms with Crippen molar-refractivity contribution in [1.82, 2.24) is 15.2 Å². The van der Waals surface area contributed by atoms with Crippen LogP contribution in [-0.4, -0.2) is 21.8 Å². The highest BCUT2D eigenvalue weighted by Crippen LogP contribution is 1.92. The van der Waals surface area contributed by atoms with Gasteiger partial charge in [-0.2, -0.15) is 4.39 Å². The Bertz CT molecular complexity index is 298. The van der Waals surface area contributed by atoms with E-state index in [2.05, 4.69) is 15.2 Å². The van der Waals surface area contributed by atoms with Crippen LogP contribution < -0.4 is 10.3 Å². The zero-order valence-electron chi connectivity index (χ0n) is 5.80. The van der Waals surface area contributed by atoms with Crippen molar-refractivity contribution in [1.29, 1.82) is 0 Å². The van der Waals surface area contributed by atoms with Crippen molar-refractivity contribution in [2.24, 2.45) is 0 Å².